The Morgan fingerprint density at radius 2 is 2.00 bits per heavy atom. The van der Waals surface area contributed by atoms with Crippen molar-refractivity contribution in [1.29, 1.82) is 0 Å². The Kier molecular flexibility index (Phi) is 5.12. The smallest absolute Gasteiger partial charge is 0.411 e. The average molecular weight is 305 g/mol. The van der Waals surface area contributed by atoms with Gasteiger partial charge in [-0.05, 0) is 52.0 Å². The Balaban J connectivity index is 2.17. The summed E-state index contributed by atoms with van der Waals surface area (Å²) in [7, 11) is 0. The highest BCUT2D eigenvalue weighted by atomic mass is 16.6. The van der Waals surface area contributed by atoms with Crippen molar-refractivity contribution < 1.29 is 14.6 Å². The summed E-state index contributed by atoms with van der Waals surface area (Å²) in [5.74, 6) is 0.378. The molecule has 4 nitrogen and oxygen atoms in total. The number of aliphatic hydroxyl groups is 1. The van der Waals surface area contributed by atoms with E-state index in [-0.39, 0.29) is 24.8 Å². The quantitative estimate of drug-likeness (QED) is 0.901. The first-order chi connectivity index (χ1) is 10.3. The maximum Gasteiger partial charge on any atom is 0.411 e. The van der Waals surface area contributed by atoms with Crippen LogP contribution in [0.25, 0.3) is 0 Å². The van der Waals surface area contributed by atoms with Crippen LogP contribution in [0.3, 0.4) is 0 Å². The van der Waals surface area contributed by atoms with Gasteiger partial charge in [0.05, 0.1) is 6.04 Å². The molecule has 2 rings (SSSR count). The Morgan fingerprint density at radius 3 is 2.55 bits per heavy atom. The minimum absolute atomic E-state index is 0.0373. The van der Waals surface area contributed by atoms with Crippen molar-refractivity contribution in [3.05, 3.63) is 35.9 Å². The van der Waals surface area contributed by atoms with Gasteiger partial charge in [-0.25, -0.2) is 4.79 Å². The van der Waals surface area contributed by atoms with Crippen LogP contribution in [0, 0.1) is 5.92 Å². The van der Waals surface area contributed by atoms with Crippen LogP contribution in [0.15, 0.2) is 30.3 Å². The molecule has 0 heterocycles. The first-order valence-corrected chi connectivity index (χ1v) is 8.00. The van der Waals surface area contributed by atoms with Crippen LogP contribution in [0.5, 0.6) is 0 Å². The van der Waals surface area contributed by atoms with Gasteiger partial charge in [0.2, 0.25) is 0 Å². The lowest BCUT2D eigenvalue weighted by atomic mass is 10.1. The number of carbonyl (C=O) groups excluding carboxylic acids is 1. The van der Waals surface area contributed by atoms with Crippen LogP contribution in [-0.2, 0) is 4.74 Å². The zero-order valence-electron chi connectivity index (χ0n) is 14.0. The molecule has 3 atom stereocenters. The third-order valence-corrected chi connectivity index (χ3v) is 4.05. The molecule has 0 aliphatic heterocycles. The molecule has 0 spiro atoms. The molecule has 1 aromatic rings. The molecular weight excluding hydrogens is 278 g/mol. The van der Waals surface area contributed by atoms with Crippen LogP contribution in [-0.4, -0.2) is 34.3 Å². The van der Waals surface area contributed by atoms with E-state index in [2.05, 4.69) is 0 Å². The molecule has 4 heteroatoms. The molecule has 1 N–H and O–H groups in total. The lowest BCUT2D eigenvalue weighted by molar-refractivity contribution is 0.0138. The fourth-order valence-electron chi connectivity index (χ4n) is 2.84. The monoisotopic (exact) mass is 305 g/mol. The molecule has 0 aromatic heterocycles. The molecule has 1 saturated carbocycles. The van der Waals surface area contributed by atoms with E-state index in [1.807, 2.05) is 62.9 Å². The molecule has 1 amide bonds. The van der Waals surface area contributed by atoms with Gasteiger partial charge in [0.1, 0.15) is 5.60 Å². The minimum atomic E-state index is -0.507. The van der Waals surface area contributed by atoms with Crippen molar-refractivity contribution >= 4 is 6.09 Å². The normalized spacial score (nSPS) is 22.0. The third-order valence-electron chi connectivity index (χ3n) is 4.05. The second kappa shape index (κ2) is 6.69. The number of benzene rings is 1. The molecular formula is C18H27NO3. The van der Waals surface area contributed by atoms with Crippen LogP contribution in [0.4, 0.5) is 4.79 Å². The molecule has 0 radical (unpaired) electrons. The van der Waals surface area contributed by atoms with Crippen LogP contribution in [0.1, 0.15) is 52.1 Å². The first kappa shape index (κ1) is 16.8. The predicted octanol–water partition coefficient (Wildman–Crippen LogP) is 3.76. The van der Waals surface area contributed by atoms with E-state index in [9.17, 15) is 4.79 Å². The number of ether oxygens (including phenoxy) is 1. The molecule has 22 heavy (non-hydrogen) atoms. The SMILES string of the molecule is C[C@H](c1ccccc1)N(C(=O)OC(C)(C)C)C1CC1CCO. The second-order valence-corrected chi connectivity index (χ2v) is 7.05. The van der Waals surface area contributed by atoms with E-state index in [4.69, 9.17) is 9.84 Å². The van der Waals surface area contributed by atoms with Crippen molar-refractivity contribution in [2.75, 3.05) is 6.61 Å². The van der Waals surface area contributed by atoms with Gasteiger partial charge in [-0.1, -0.05) is 30.3 Å². The summed E-state index contributed by atoms with van der Waals surface area (Å²) in [5, 5.41) is 9.12. The van der Waals surface area contributed by atoms with Gasteiger partial charge in [0.15, 0.2) is 0 Å². The fourth-order valence-corrected chi connectivity index (χ4v) is 2.84. The fraction of sp³-hybridized carbons (Fsp3) is 0.611. The summed E-state index contributed by atoms with van der Waals surface area (Å²) in [6.45, 7) is 7.85. The Labute approximate surface area is 133 Å². The van der Waals surface area contributed by atoms with Gasteiger partial charge in [-0.3, -0.25) is 4.90 Å². The lowest BCUT2D eigenvalue weighted by Crippen LogP contribution is -2.40. The zero-order valence-corrected chi connectivity index (χ0v) is 14.0. The van der Waals surface area contributed by atoms with Gasteiger partial charge >= 0.3 is 6.09 Å². The predicted molar refractivity (Wildman–Crippen MR) is 86.5 cm³/mol. The van der Waals surface area contributed by atoms with Crippen LogP contribution in [0.2, 0.25) is 0 Å². The van der Waals surface area contributed by atoms with E-state index in [1.54, 1.807) is 0 Å². The van der Waals surface area contributed by atoms with Crippen LogP contribution < -0.4 is 0 Å². The number of hydrogen-bond acceptors (Lipinski definition) is 3. The Bertz CT molecular complexity index is 495. The van der Waals surface area contributed by atoms with Crippen molar-refractivity contribution in [3.8, 4) is 0 Å². The van der Waals surface area contributed by atoms with Crippen molar-refractivity contribution in [1.82, 2.24) is 4.90 Å². The summed E-state index contributed by atoms with van der Waals surface area (Å²) in [4.78, 5) is 14.5. The minimum Gasteiger partial charge on any atom is -0.444 e. The van der Waals surface area contributed by atoms with Gasteiger partial charge in [-0.2, -0.15) is 0 Å². The van der Waals surface area contributed by atoms with Crippen molar-refractivity contribution in [2.24, 2.45) is 5.92 Å². The third kappa shape index (κ3) is 4.23. The van der Waals surface area contributed by atoms with E-state index < -0.39 is 5.60 Å². The first-order valence-electron chi connectivity index (χ1n) is 8.00. The highest BCUT2D eigenvalue weighted by Crippen LogP contribution is 2.42. The number of amides is 1. The van der Waals surface area contributed by atoms with E-state index in [0.29, 0.717) is 5.92 Å². The van der Waals surface area contributed by atoms with Crippen molar-refractivity contribution in [2.45, 2.75) is 58.2 Å². The molecule has 1 aliphatic carbocycles. The summed E-state index contributed by atoms with van der Waals surface area (Å²) in [6, 6.07) is 10.1. The number of carbonyl (C=O) groups is 1. The summed E-state index contributed by atoms with van der Waals surface area (Å²) in [5.41, 5.74) is 0.593. The standard InChI is InChI=1S/C18H27NO3/c1-13(14-8-6-5-7-9-14)19(16-12-15(16)10-11-20)17(21)22-18(2,3)4/h5-9,13,15-16,20H,10-12H2,1-4H3/t13-,15?,16?/m1/s1. The van der Waals surface area contributed by atoms with Gasteiger partial charge in [-0.15, -0.1) is 0 Å². The Hall–Kier alpha value is -1.55. The van der Waals surface area contributed by atoms with Gasteiger partial charge < -0.3 is 9.84 Å². The number of aliphatic hydroxyl groups excluding tert-OH is 1. The summed E-state index contributed by atoms with van der Waals surface area (Å²) in [6.07, 6.45) is 1.41. The second-order valence-electron chi connectivity index (χ2n) is 7.05. The number of rotatable bonds is 5. The number of hydrogen-bond donors (Lipinski definition) is 1. The highest BCUT2D eigenvalue weighted by Gasteiger charge is 2.46. The maximum atomic E-state index is 12.6. The molecule has 1 aliphatic rings. The average Bonchev–Trinajstić information content (AvgIpc) is 3.17. The maximum absolute atomic E-state index is 12.6. The molecule has 1 fully saturated rings. The van der Waals surface area contributed by atoms with Crippen LogP contribution >= 0.6 is 0 Å². The molecule has 2 unspecified atom stereocenters. The van der Waals surface area contributed by atoms with E-state index in [1.165, 1.54) is 0 Å². The van der Waals surface area contributed by atoms with Crippen molar-refractivity contribution in [3.63, 3.8) is 0 Å². The Morgan fingerprint density at radius 1 is 1.36 bits per heavy atom. The number of nitrogens with zero attached hydrogens (tertiary/aromatic N) is 1. The van der Waals surface area contributed by atoms with Gasteiger partial charge in [0, 0.05) is 12.6 Å². The summed E-state index contributed by atoms with van der Waals surface area (Å²) >= 11 is 0. The molecule has 0 saturated heterocycles. The summed E-state index contributed by atoms with van der Waals surface area (Å²) < 4.78 is 5.59. The van der Waals surface area contributed by atoms with E-state index >= 15 is 0 Å². The molecule has 0 bridgehead atoms. The molecule has 122 valence electrons. The largest absolute Gasteiger partial charge is 0.444 e. The molecule has 1 aromatic carbocycles. The lowest BCUT2D eigenvalue weighted by Gasteiger charge is -2.32. The van der Waals surface area contributed by atoms with E-state index in [0.717, 1.165) is 18.4 Å². The van der Waals surface area contributed by atoms with Gasteiger partial charge in [0.25, 0.3) is 0 Å². The highest BCUT2D eigenvalue weighted by molar-refractivity contribution is 5.70. The topological polar surface area (TPSA) is 49.8 Å². The zero-order chi connectivity index (χ0) is 16.3.